The lowest BCUT2D eigenvalue weighted by Gasteiger charge is -2.28. The van der Waals surface area contributed by atoms with Crippen molar-refractivity contribution in [3.63, 3.8) is 0 Å². The zero-order valence-corrected chi connectivity index (χ0v) is 9.88. The number of hydrogen-bond acceptors (Lipinski definition) is 1. The van der Waals surface area contributed by atoms with Crippen LogP contribution in [0.15, 0.2) is 0 Å². The molecule has 0 aromatic rings. The summed E-state index contributed by atoms with van der Waals surface area (Å²) in [6, 6.07) is 0. The molecule has 0 rings (SSSR count). The van der Waals surface area contributed by atoms with Crippen molar-refractivity contribution < 1.29 is 4.74 Å². The molecule has 1 atom stereocenters. The van der Waals surface area contributed by atoms with Crippen LogP contribution in [-0.4, -0.2) is 13.7 Å². The number of ether oxygens (including phenoxy) is 1. The molecule has 0 aliphatic rings. The Bertz CT molecular complexity index is 131. The van der Waals surface area contributed by atoms with Gasteiger partial charge in [-0.15, -0.1) is 0 Å². The maximum absolute atomic E-state index is 5.49. The second-order valence-electron chi connectivity index (χ2n) is 1.70. The van der Waals surface area contributed by atoms with E-state index in [1.54, 1.807) is 6.92 Å². The van der Waals surface area contributed by atoms with Crippen LogP contribution in [0.5, 0.6) is 0 Å². The van der Waals surface area contributed by atoms with E-state index in [0.29, 0.717) is 0 Å². The molecule has 0 amide bonds. The molecule has 67 valence electrons. The van der Waals surface area contributed by atoms with Crippen molar-refractivity contribution in [1.29, 1.82) is 0 Å². The van der Waals surface area contributed by atoms with Gasteiger partial charge in [-0.25, -0.2) is 0 Å². The highest BCUT2D eigenvalue weighted by Gasteiger charge is 2.48. The number of rotatable bonds is 2. The second-order valence-corrected chi connectivity index (χ2v) is 5.90. The standard InChI is InChI=1S/C4H4Cl5OS/c1-2(11)10-4(8,9)3(5,6)7/h2H,1H3. The van der Waals surface area contributed by atoms with Gasteiger partial charge in [0.15, 0.2) is 0 Å². The third kappa shape index (κ3) is 4.51. The predicted molar refractivity (Wildman–Crippen MR) is 52.9 cm³/mol. The van der Waals surface area contributed by atoms with Gasteiger partial charge in [-0.3, -0.25) is 0 Å². The van der Waals surface area contributed by atoms with E-state index >= 15 is 0 Å². The normalized spacial score (nSPS) is 16.6. The molecule has 1 unspecified atom stereocenters. The van der Waals surface area contributed by atoms with Crippen LogP contribution in [0.25, 0.3) is 0 Å². The number of halogens is 5. The summed E-state index contributed by atoms with van der Waals surface area (Å²) in [4.78, 5) is 0. The lowest BCUT2D eigenvalue weighted by Crippen LogP contribution is -2.35. The minimum atomic E-state index is -1.91. The molecule has 0 N–H and O–H groups in total. The van der Waals surface area contributed by atoms with Crippen LogP contribution in [0.1, 0.15) is 6.92 Å². The maximum Gasteiger partial charge on any atom is 0.266 e. The first-order valence-electron chi connectivity index (χ1n) is 2.45. The van der Waals surface area contributed by atoms with E-state index in [0.717, 1.165) is 0 Å². The average molecular weight is 277 g/mol. The Kier molecular flexibility index (Phi) is 5.01. The molecule has 0 aliphatic carbocycles. The highest BCUT2D eigenvalue weighted by molar-refractivity contribution is 7.80. The Hall–Kier alpha value is 1.76. The lowest BCUT2D eigenvalue weighted by atomic mass is 10.7. The smallest absolute Gasteiger partial charge is 0.266 e. The zero-order chi connectivity index (χ0) is 9.28. The van der Waals surface area contributed by atoms with E-state index in [-0.39, 0.29) is 0 Å². The quantitative estimate of drug-likeness (QED) is 0.692. The van der Waals surface area contributed by atoms with Crippen molar-refractivity contribution in [3.8, 4) is 0 Å². The molecule has 0 bridgehead atoms. The van der Waals surface area contributed by atoms with Gasteiger partial charge in [-0.05, 0) is 6.92 Å². The Morgan fingerprint density at radius 2 is 1.55 bits per heavy atom. The largest absolute Gasteiger partial charge is 0.328 e. The first kappa shape index (κ1) is 12.8. The van der Waals surface area contributed by atoms with Gasteiger partial charge in [0.1, 0.15) is 5.44 Å². The van der Waals surface area contributed by atoms with Crippen LogP contribution in [0.3, 0.4) is 0 Å². The lowest BCUT2D eigenvalue weighted by molar-refractivity contribution is 0.0719. The van der Waals surface area contributed by atoms with Gasteiger partial charge in [0, 0.05) is 0 Å². The van der Waals surface area contributed by atoms with Crippen LogP contribution in [0.4, 0.5) is 0 Å². The summed E-state index contributed by atoms with van der Waals surface area (Å²) in [6.45, 7) is 1.55. The van der Waals surface area contributed by atoms with E-state index in [4.69, 9.17) is 62.7 Å². The third-order valence-corrected chi connectivity index (χ3v) is 2.86. The molecule has 0 saturated carbocycles. The summed E-state index contributed by atoms with van der Waals surface area (Å²) in [5.74, 6) is 0. The van der Waals surface area contributed by atoms with E-state index in [1.165, 1.54) is 0 Å². The molecule has 1 nitrogen and oxygen atoms in total. The van der Waals surface area contributed by atoms with Crippen molar-refractivity contribution in [2.75, 3.05) is 0 Å². The molecule has 0 spiro atoms. The molecule has 7 heteroatoms. The second kappa shape index (κ2) is 4.32. The van der Waals surface area contributed by atoms with Crippen molar-refractivity contribution in [1.82, 2.24) is 0 Å². The van der Waals surface area contributed by atoms with E-state index in [9.17, 15) is 0 Å². The fraction of sp³-hybridized carbons (Fsp3) is 1.00. The summed E-state index contributed by atoms with van der Waals surface area (Å²) >= 11 is 31.7. The van der Waals surface area contributed by atoms with Crippen molar-refractivity contribution in [2.45, 2.75) is 20.7 Å². The van der Waals surface area contributed by atoms with Gasteiger partial charge in [0.25, 0.3) is 4.52 Å². The van der Waals surface area contributed by atoms with Gasteiger partial charge < -0.3 is 4.74 Å². The predicted octanol–water partition coefficient (Wildman–Crippen LogP) is 4.05. The minimum Gasteiger partial charge on any atom is -0.328 e. The molecule has 11 heavy (non-hydrogen) atoms. The molecule has 0 aliphatic heterocycles. The van der Waals surface area contributed by atoms with Crippen molar-refractivity contribution in [3.05, 3.63) is 0 Å². The van der Waals surface area contributed by atoms with E-state index in [1.807, 2.05) is 0 Å². The third-order valence-electron chi connectivity index (χ3n) is 0.644. The Morgan fingerprint density at radius 3 is 1.64 bits per heavy atom. The fourth-order valence-corrected chi connectivity index (χ4v) is 0.926. The number of hydrogen-bond donors (Lipinski definition) is 0. The fourth-order valence-electron chi connectivity index (χ4n) is 0.275. The molecule has 0 aromatic carbocycles. The first-order chi connectivity index (χ1) is 4.67. The summed E-state index contributed by atoms with van der Waals surface area (Å²) in [6.07, 6.45) is 0. The highest BCUT2D eigenvalue weighted by atomic mass is 35.6. The maximum atomic E-state index is 5.49. The molecular formula is C4H4Cl5OS. The SMILES string of the molecule is CC([S])OC(Cl)(Cl)C(Cl)(Cl)Cl. The molecule has 1 radical (unpaired) electrons. The molecule has 0 saturated heterocycles. The molecule has 0 heterocycles. The first-order valence-corrected chi connectivity index (χ1v) is 4.81. The van der Waals surface area contributed by atoms with Crippen molar-refractivity contribution in [2.24, 2.45) is 0 Å². The van der Waals surface area contributed by atoms with Gasteiger partial charge in [0.05, 0.1) is 0 Å². The van der Waals surface area contributed by atoms with Crippen molar-refractivity contribution >= 4 is 70.6 Å². The average Bonchev–Trinajstić information content (AvgIpc) is 1.56. The highest BCUT2D eigenvalue weighted by Crippen LogP contribution is 2.47. The van der Waals surface area contributed by atoms with Gasteiger partial charge in [-0.1, -0.05) is 70.6 Å². The Morgan fingerprint density at radius 1 is 1.18 bits per heavy atom. The monoisotopic (exact) mass is 275 g/mol. The van der Waals surface area contributed by atoms with E-state index < -0.39 is 13.7 Å². The topological polar surface area (TPSA) is 9.23 Å². The van der Waals surface area contributed by atoms with Crippen LogP contribution < -0.4 is 0 Å². The summed E-state index contributed by atoms with van der Waals surface area (Å²) < 4.78 is 0.934. The van der Waals surface area contributed by atoms with Crippen LogP contribution in [-0.2, 0) is 4.74 Å². The van der Waals surface area contributed by atoms with Gasteiger partial charge in [0.2, 0.25) is 3.79 Å². The van der Waals surface area contributed by atoms with Crippen LogP contribution in [0, 0.1) is 0 Å². The summed E-state index contributed by atoms with van der Waals surface area (Å²) in [5.41, 5.74) is -0.624. The Balaban J connectivity index is 4.22. The van der Waals surface area contributed by atoms with Gasteiger partial charge in [-0.2, -0.15) is 0 Å². The molecule has 0 fully saturated rings. The summed E-state index contributed by atoms with van der Waals surface area (Å²) in [5, 5.41) is 0. The van der Waals surface area contributed by atoms with Gasteiger partial charge >= 0.3 is 0 Å². The molecular weight excluding hydrogens is 273 g/mol. The van der Waals surface area contributed by atoms with E-state index in [2.05, 4.69) is 12.6 Å². The van der Waals surface area contributed by atoms with Crippen LogP contribution >= 0.6 is 70.6 Å². The summed E-state index contributed by atoms with van der Waals surface area (Å²) in [7, 11) is 0. The number of alkyl halides is 5. The zero-order valence-electron chi connectivity index (χ0n) is 5.28. The minimum absolute atomic E-state index is 0.624. The molecule has 0 aromatic heterocycles. The van der Waals surface area contributed by atoms with Crippen LogP contribution in [0.2, 0.25) is 0 Å². The Labute approximate surface area is 95.6 Å².